The smallest absolute Gasteiger partial charge is 0.125 e. The van der Waals surface area contributed by atoms with Gasteiger partial charge in [0.2, 0.25) is 0 Å². The summed E-state index contributed by atoms with van der Waals surface area (Å²) in [5, 5.41) is 1.10. The third-order valence-electron chi connectivity index (χ3n) is 3.39. The van der Waals surface area contributed by atoms with Gasteiger partial charge >= 0.3 is 0 Å². The van der Waals surface area contributed by atoms with Gasteiger partial charge in [0.15, 0.2) is 0 Å². The van der Waals surface area contributed by atoms with Crippen molar-refractivity contribution in [1.29, 1.82) is 0 Å². The first-order valence-corrected chi connectivity index (χ1v) is 5.94. The number of fused-ring (bicyclic) bond motifs is 1. The number of nitrogens with two attached hydrogens (primary N) is 1. The van der Waals surface area contributed by atoms with Crippen molar-refractivity contribution in [3.63, 3.8) is 0 Å². The van der Waals surface area contributed by atoms with Crippen LogP contribution in [0.2, 0.25) is 0 Å². The highest BCUT2D eigenvalue weighted by atomic mass is 19.1. The molecule has 0 aliphatic heterocycles. The lowest BCUT2D eigenvalue weighted by atomic mass is 9.80. The fourth-order valence-electron chi connectivity index (χ4n) is 2.66. The maximum Gasteiger partial charge on any atom is 0.125 e. The summed E-state index contributed by atoms with van der Waals surface area (Å²) in [7, 11) is 0. The first kappa shape index (κ1) is 12.1. The Hall–Kier alpha value is -1.35. The summed E-state index contributed by atoms with van der Waals surface area (Å²) in [6, 6.07) is 4.91. The van der Waals surface area contributed by atoms with Crippen molar-refractivity contribution in [3.05, 3.63) is 35.3 Å². The molecule has 0 aliphatic rings. The average molecular weight is 234 g/mol. The van der Waals surface area contributed by atoms with Crippen LogP contribution in [0, 0.1) is 12.7 Å². The predicted octanol–water partition coefficient (Wildman–Crippen LogP) is 3.24. The molecule has 3 N–H and O–H groups in total. The van der Waals surface area contributed by atoms with Crippen LogP contribution in [0.5, 0.6) is 0 Å². The zero-order valence-electron chi connectivity index (χ0n) is 10.6. The van der Waals surface area contributed by atoms with E-state index < -0.39 is 0 Å². The molecule has 0 unspecified atom stereocenters. The quantitative estimate of drug-likeness (QED) is 0.841. The largest absolute Gasteiger partial charge is 0.358 e. The molecule has 1 aromatic carbocycles. The molecule has 1 aromatic heterocycles. The summed E-state index contributed by atoms with van der Waals surface area (Å²) in [5.74, 6) is -0.207. The lowest BCUT2D eigenvalue weighted by Gasteiger charge is -2.25. The molecule has 2 aromatic rings. The molecule has 2 nitrogen and oxygen atoms in total. The van der Waals surface area contributed by atoms with E-state index in [0.717, 1.165) is 23.0 Å². The maximum atomic E-state index is 13.2. The van der Waals surface area contributed by atoms with E-state index in [1.54, 1.807) is 6.07 Å². The number of hydrogen-bond donors (Lipinski definition) is 2. The normalized spacial score (nSPS) is 12.3. The van der Waals surface area contributed by atoms with Crippen LogP contribution in [0.4, 0.5) is 4.39 Å². The SMILES string of the molecule is Cc1[nH]c2cc(F)ccc2c1C(C)(C)CCN. The molecular weight excluding hydrogens is 215 g/mol. The van der Waals surface area contributed by atoms with E-state index >= 15 is 0 Å². The monoisotopic (exact) mass is 234 g/mol. The molecule has 0 saturated heterocycles. The summed E-state index contributed by atoms with van der Waals surface area (Å²) >= 11 is 0. The number of aromatic nitrogens is 1. The van der Waals surface area contributed by atoms with Crippen LogP contribution in [0.3, 0.4) is 0 Å². The van der Waals surface area contributed by atoms with Crippen LogP contribution in [-0.4, -0.2) is 11.5 Å². The van der Waals surface area contributed by atoms with E-state index in [1.807, 2.05) is 13.0 Å². The molecule has 92 valence electrons. The molecular formula is C14H19FN2. The molecule has 0 radical (unpaired) electrons. The molecule has 0 saturated carbocycles. The van der Waals surface area contributed by atoms with Crippen molar-refractivity contribution in [3.8, 4) is 0 Å². The number of benzene rings is 1. The zero-order valence-corrected chi connectivity index (χ0v) is 10.6. The zero-order chi connectivity index (χ0) is 12.6. The van der Waals surface area contributed by atoms with E-state index in [1.165, 1.54) is 11.6 Å². The van der Waals surface area contributed by atoms with Gasteiger partial charge in [-0.2, -0.15) is 0 Å². The second-order valence-corrected chi connectivity index (χ2v) is 5.24. The highest BCUT2D eigenvalue weighted by Crippen LogP contribution is 2.35. The first-order valence-electron chi connectivity index (χ1n) is 5.94. The number of halogens is 1. The molecule has 17 heavy (non-hydrogen) atoms. The Morgan fingerprint density at radius 2 is 2.06 bits per heavy atom. The molecule has 0 atom stereocenters. The van der Waals surface area contributed by atoms with Gasteiger partial charge in [-0.3, -0.25) is 0 Å². The van der Waals surface area contributed by atoms with E-state index in [4.69, 9.17) is 5.73 Å². The number of aromatic amines is 1. The van der Waals surface area contributed by atoms with Gasteiger partial charge < -0.3 is 10.7 Å². The Kier molecular flexibility index (Phi) is 2.96. The summed E-state index contributed by atoms with van der Waals surface area (Å²) in [4.78, 5) is 3.25. The molecule has 0 aliphatic carbocycles. The van der Waals surface area contributed by atoms with Crippen LogP contribution in [0.15, 0.2) is 18.2 Å². The maximum absolute atomic E-state index is 13.2. The van der Waals surface area contributed by atoms with Crippen LogP contribution in [0.25, 0.3) is 10.9 Å². The van der Waals surface area contributed by atoms with Crippen LogP contribution < -0.4 is 5.73 Å². The number of H-pyrrole nitrogens is 1. The Morgan fingerprint density at radius 1 is 1.35 bits per heavy atom. The van der Waals surface area contributed by atoms with Crippen LogP contribution in [-0.2, 0) is 5.41 Å². The average Bonchev–Trinajstić information content (AvgIpc) is 2.53. The van der Waals surface area contributed by atoms with Crippen molar-refractivity contribution in [2.75, 3.05) is 6.54 Å². The van der Waals surface area contributed by atoms with Gasteiger partial charge in [-0.15, -0.1) is 0 Å². The highest BCUT2D eigenvalue weighted by Gasteiger charge is 2.25. The van der Waals surface area contributed by atoms with Crippen LogP contribution >= 0.6 is 0 Å². The van der Waals surface area contributed by atoms with Gasteiger partial charge in [0.25, 0.3) is 0 Å². The second-order valence-electron chi connectivity index (χ2n) is 5.24. The molecule has 0 fully saturated rings. The Bertz CT molecular complexity index is 540. The second kappa shape index (κ2) is 4.15. The van der Waals surface area contributed by atoms with E-state index in [9.17, 15) is 4.39 Å². The van der Waals surface area contributed by atoms with Crippen molar-refractivity contribution < 1.29 is 4.39 Å². The first-order chi connectivity index (χ1) is 7.95. The van der Waals surface area contributed by atoms with E-state index in [2.05, 4.69) is 18.8 Å². The number of nitrogens with one attached hydrogen (secondary N) is 1. The molecule has 1 heterocycles. The minimum absolute atomic E-state index is 0.00884. The molecule has 0 amide bonds. The highest BCUT2D eigenvalue weighted by molar-refractivity contribution is 5.85. The Balaban J connectivity index is 2.64. The van der Waals surface area contributed by atoms with Crippen molar-refractivity contribution in [2.24, 2.45) is 5.73 Å². The standard InChI is InChI=1S/C14H19FN2/c1-9-13(14(2,3)6-7-16)11-5-4-10(15)8-12(11)17-9/h4-5,8,17H,6-7,16H2,1-3H3. The van der Waals surface area contributed by atoms with Gasteiger partial charge in [-0.1, -0.05) is 13.8 Å². The lowest BCUT2D eigenvalue weighted by Crippen LogP contribution is -2.22. The minimum atomic E-state index is -0.207. The van der Waals surface area contributed by atoms with E-state index in [0.29, 0.717) is 6.54 Å². The summed E-state index contributed by atoms with van der Waals surface area (Å²) in [6.07, 6.45) is 0.915. The van der Waals surface area contributed by atoms with Crippen molar-refractivity contribution in [2.45, 2.75) is 32.6 Å². The summed E-state index contributed by atoms with van der Waals surface area (Å²) in [6.45, 7) is 7.05. The summed E-state index contributed by atoms with van der Waals surface area (Å²) in [5.41, 5.74) is 8.89. The van der Waals surface area contributed by atoms with Gasteiger partial charge in [0.1, 0.15) is 5.82 Å². The number of hydrogen-bond acceptors (Lipinski definition) is 1. The predicted molar refractivity (Wildman–Crippen MR) is 69.7 cm³/mol. The fraction of sp³-hybridized carbons (Fsp3) is 0.429. The number of aryl methyl sites for hydroxylation is 1. The molecule has 0 bridgehead atoms. The van der Waals surface area contributed by atoms with Crippen molar-refractivity contribution >= 4 is 10.9 Å². The van der Waals surface area contributed by atoms with E-state index in [-0.39, 0.29) is 11.2 Å². The lowest BCUT2D eigenvalue weighted by molar-refractivity contribution is 0.489. The molecule has 2 rings (SSSR count). The molecule has 0 spiro atoms. The van der Waals surface area contributed by atoms with Crippen LogP contribution in [0.1, 0.15) is 31.5 Å². The molecule has 3 heteroatoms. The number of rotatable bonds is 3. The van der Waals surface area contributed by atoms with Gasteiger partial charge in [-0.05, 0) is 49.1 Å². The third-order valence-corrected chi connectivity index (χ3v) is 3.39. The topological polar surface area (TPSA) is 41.8 Å². The fourth-order valence-corrected chi connectivity index (χ4v) is 2.66. The van der Waals surface area contributed by atoms with Crippen molar-refractivity contribution in [1.82, 2.24) is 4.98 Å². The Morgan fingerprint density at radius 3 is 2.71 bits per heavy atom. The third kappa shape index (κ3) is 2.07. The minimum Gasteiger partial charge on any atom is -0.358 e. The van der Waals surface area contributed by atoms with Gasteiger partial charge in [0, 0.05) is 16.6 Å². The Labute approximate surface area is 101 Å². The van der Waals surface area contributed by atoms with Gasteiger partial charge in [0.05, 0.1) is 0 Å². The summed E-state index contributed by atoms with van der Waals surface area (Å²) < 4.78 is 13.2. The van der Waals surface area contributed by atoms with Gasteiger partial charge in [-0.25, -0.2) is 4.39 Å².